The van der Waals surface area contributed by atoms with Crippen LogP contribution in [0.3, 0.4) is 0 Å². The van der Waals surface area contributed by atoms with Gasteiger partial charge in [0.15, 0.2) is 5.75 Å². The lowest BCUT2D eigenvalue weighted by molar-refractivity contribution is -0.274. The smallest absolute Gasteiger partial charge is 0.403 e. The molecule has 0 radical (unpaired) electrons. The van der Waals surface area contributed by atoms with E-state index < -0.39 is 35.5 Å². The van der Waals surface area contributed by atoms with Gasteiger partial charge in [0.2, 0.25) is 0 Å². The molecule has 0 fully saturated rings. The lowest BCUT2D eigenvalue weighted by Gasteiger charge is -2.13. The third-order valence-corrected chi connectivity index (χ3v) is 1.67. The maximum absolute atomic E-state index is 12.5. The number of hydrogen-bond acceptors (Lipinski definition) is 4. The predicted molar refractivity (Wildman–Crippen MR) is 45.0 cm³/mol. The van der Waals surface area contributed by atoms with Crippen molar-refractivity contribution in [3.63, 3.8) is 0 Å². The molecule has 0 unspecified atom stereocenters. The van der Waals surface area contributed by atoms with Crippen molar-refractivity contribution in [2.75, 3.05) is 5.73 Å². The first kappa shape index (κ1) is 13.0. The zero-order chi connectivity index (χ0) is 13.2. The Hall–Kier alpha value is -2.11. The van der Waals surface area contributed by atoms with Crippen LogP contribution in [0.25, 0.3) is 0 Å². The van der Waals surface area contributed by atoms with E-state index in [0.717, 1.165) is 0 Å². The summed E-state index contributed by atoms with van der Waals surface area (Å²) in [6.45, 7) is 0. The lowest BCUT2D eigenvalue weighted by atomic mass is 10.1. The van der Waals surface area contributed by atoms with Crippen LogP contribution in [0.2, 0.25) is 0 Å². The van der Waals surface area contributed by atoms with Crippen molar-refractivity contribution in [1.82, 2.24) is 4.98 Å². The van der Waals surface area contributed by atoms with Gasteiger partial charge in [-0.15, -0.1) is 13.2 Å². The van der Waals surface area contributed by atoms with Crippen LogP contribution in [0.15, 0.2) is 6.20 Å². The Balaban J connectivity index is 3.35. The van der Waals surface area contributed by atoms with E-state index in [1.165, 1.54) is 6.07 Å². The molecule has 1 rings (SSSR count). The minimum Gasteiger partial charge on any atom is -0.403 e. The Morgan fingerprint density at radius 2 is 2.00 bits per heavy atom. The number of ether oxygens (including phenoxy) is 1. The highest BCUT2D eigenvalue weighted by Gasteiger charge is 2.34. The average molecular weight is 253 g/mol. The maximum Gasteiger partial charge on any atom is 0.573 e. The maximum atomic E-state index is 12.5. The second kappa shape index (κ2) is 4.40. The first-order valence-electron chi connectivity index (χ1n) is 3.98. The van der Waals surface area contributed by atoms with Crippen LogP contribution < -0.4 is 10.5 Å². The summed E-state index contributed by atoms with van der Waals surface area (Å²) in [4.78, 5) is 3.11. The van der Waals surface area contributed by atoms with Crippen molar-refractivity contribution in [1.29, 1.82) is 5.26 Å². The summed E-state index contributed by atoms with van der Waals surface area (Å²) in [6.07, 6.45) is -7.87. The molecule has 0 aliphatic heterocycles. The number of halogens is 5. The molecule has 0 bridgehead atoms. The quantitative estimate of drug-likeness (QED) is 0.821. The van der Waals surface area contributed by atoms with Crippen molar-refractivity contribution in [2.45, 2.75) is 12.8 Å². The molecular weight excluding hydrogens is 249 g/mol. The summed E-state index contributed by atoms with van der Waals surface area (Å²) in [6, 6.07) is 1.18. The van der Waals surface area contributed by atoms with E-state index in [2.05, 4.69) is 9.72 Å². The standard InChI is InChI=1S/C8H4F5N3O/c9-6(10)5-3(1-14)4(2-16-7(5)15)17-8(11,12)13/h2,6H,(H2,15,16). The molecule has 1 aromatic rings. The fourth-order valence-corrected chi connectivity index (χ4v) is 1.06. The number of nitrogens with two attached hydrogens (primary N) is 1. The number of nitrogens with zero attached hydrogens (tertiary/aromatic N) is 2. The monoisotopic (exact) mass is 253 g/mol. The van der Waals surface area contributed by atoms with Gasteiger partial charge in [0, 0.05) is 0 Å². The van der Waals surface area contributed by atoms with Crippen molar-refractivity contribution < 1.29 is 26.7 Å². The molecule has 17 heavy (non-hydrogen) atoms. The summed E-state index contributed by atoms with van der Waals surface area (Å²) >= 11 is 0. The SMILES string of the molecule is N#Cc1c(OC(F)(F)F)cnc(N)c1C(F)F. The van der Waals surface area contributed by atoms with Crippen LogP contribution in [0, 0.1) is 11.3 Å². The number of rotatable bonds is 2. The molecule has 1 heterocycles. The molecule has 0 atom stereocenters. The van der Waals surface area contributed by atoms with Gasteiger partial charge in [-0.25, -0.2) is 13.8 Å². The van der Waals surface area contributed by atoms with Gasteiger partial charge in [-0.3, -0.25) is 0 Å². The summed E-state index contributed by atoms with van der Waals surface area (Å²) in [5.41, 5.74) is 3.00. The van der Waals surface area contributed by atoms with E-state index in [0.29, 0.717) is 6.20 Å². The van der Waals surface area contributed by atoms with Crippen LogP contribution in [0.4, 0.5) is 27.8 Å². The van der Waals surface area contributed by atoms with E-state index in [1.54, 1.807) is 0 Å². The Kier molecular flexibility index (Phi) is 3.36. The fourth-order valence-electron chi connectivity index (χ4n) is 1.06. The largest absolute Gasteiger partial charge is 0.573 e. The van der Waals surface area contributed by atoms with Gasteiger partial charge in [-0.2, -0.15) is 5.26 Å². The number of nitrogen functional groups attached to an aromatic ring is 1. The fraction of sp³-hybridized carbons (Fsp3) is 0.250. The van der Waals surface area contributed by atoms with Gasteiger partial charge >= 0.3 is 6.36 Å². The molecule has 92 valence electrons. The predicted octanol–water partition coefficient (Wildman–Crippen LogP) is 2.37. The van der Waals surface area contributed by atoms with Crippen LogP contribution in [0.5, 0.6) is 5.75 Å². The Morgan fingerprint density at radius 3 is 2.41 bits per heavy atom. The zero-order valence-corrected chi connectivity index (χ0v) is 7.92. The number of alkyl halides is 5. The molecule has 0 spiro atoms. The summed E-state index contributed by atoms with van der Waals surface area (Å²) in [5, 5.41) is 8.56. The molecule has 0 saturated carbocycles. The van der Waals surface area contributed by atoms with Gasteiger partial charge < -0.3 is 10.5 Å². The van der Waals surface area contributed by atoms with Crippen molar-refractivity contribution in [3.05, 3.63) is 17.3 Å². The van der Waals surface area contributed by atoms with Crippen LogP contribution in [0.1, 0.15) is 17.6 Å². The average Bonchev–Trinajstić information content (AvgIpc) is 2.17. The van der Waals surface area contributed by atoms with Gasteiger partial charge in [-0.1, -0.05) is 0 Å². The normalized spacial score (nSPS) is 11.4. The highest BCUT2D eigenvalue weighted by atomic mass is 19.4. The Morgan fingerprint density at radius 1 is 1.41 bits per heavy atom. The topological polar surface area (TPSA) is 71.9 Å². The van der Waals surface area contributed by atoms with E-state index in [9.17, 15) is 22.0 Å². The Bertz CT molecular complexity index is 465. The molecular formula is C8H4F5N3O. The summed E-state index contributed by atoms with van der Waals surface area (Å²) < 4.78 is 64.1. The minimum absolute atomic E-state index is 0.466. The second-order valence-corrected chi connectivity index (χ2v) is 2.76. The number of aromatic nitrogens is 1. The van der Waals surface area contributed by atoms with E-state index in [1.807, 2.05) is 0 Å². The molecule has 2 N–H and O–H groups in total. The number of nitriles is 1. The van der Waals surface area contributed by atoms with Crippen molar-refractivity contribution in [3.8, 4) is 11.8 Å². The second-order valence-electron chi connectivity index (χ2n) is 2.76. The molecule has 0 aromatic carbocycles. The van der Waals surface area contributed by atoms with E-state index in [-0.39, 0.29) is 0 Å². The molecule has 0 amide bonds. The lowest BCUT2D eigenvalue weighted by Crippen LogP contribution is -2.19. The molecule has 0 aliphatic rings. The zero-order valence-electron chi connectivity index (χ0n) is 7.92. The van der Waals surface area contributed by atoms with E-state index >= 15 is 0 Å². The highest BCUT2D eigenvalue weighted by molar-refractivity contribution is 5.57. The van der Waals surface area contributed by atoms with Crippen molar-refractivity contribution in [2.24, 2.45) is 0 Å². The molecule has 9 heteroatoms. The van der Waals surface area contributed by atoms with Gasteiger partial charge in [0.05, 0.1) is 11.8 Å². The first-order valence-corrected chi connectivity index (χ1v) is 3.98. The molecule has 4 nitrogen and oxygen atoms in total. The van der Waals surface area contributed by atoms with Crippen LogP contribution in [-0.4, -0.2) is 11.3 Å². The highest BCUT2D eigenvalue weighted by Crippen LogP contribution is 2.34. The number of pyridine rings is 1. The van der Waals surface area contributed by atoms with Gasteiger partial charge in [-0.05, 0) is 0 Å². The van der Waals surface area contributed by atoms with E-state index in [4.69, 9.17) is 11.0 Å². The van der Waals surface area contributed by atoms with Gasteiger partial charge in [0.1, 0.15) is 17.5 Å². The third-order valence-electron chi connectivity index (χ3n) is 1.67. The summed E-state index contributed by atoms with van der Waals surface area (Å²) in [7, 11) is 0. The molecule has 1 aromatic heterocycles. The number of hydrogen-bond donors (Lipinski definition) is 1. The van der Waals surface area contributed by atoms with Gasteiger partial charge in [0.25, 0.3) is 6.43 Å². The third kappa shape index (κ3) is 2.93. The number of anilines is 1. The minimum atomic E-state index is -5.11. The first-order chi connectivity index (χ1) is 7.76. The molecule has 0 aliphatic carbocycles. The summed E-state index contributed by atoms with van der Waals surface area (Å²) in [5.74, 6) is -1.82. The molecule has 0 saturated heterocycles. The van der Waals surface area contributed by atoms with Crippen LogP contribution >= 0.6 is 0 Å². The van der Waals surface area contributed by atoms with Crippen molar-refractivity contribution >= 4 is 5.82 Å². The van der Waals surface area contributed by atoms with Crippen LogP contribution in [-0.2, 0) is 0 Å². The Labute approximate surface area is 91.4 Å².